The number of likely N-dealkylation sites (tertiary alicyclic amines) is 1. The molecule has 1 aliphatic rings. The molecular formula is C19H17NO3. The van der Waals surface area contributed by atoms with Crippen LogP contribution in [-0.2, 0) is 20.8 Å². The van der Waals surface area contributed by atoms with Gasteiger partial charge < -0.3 is 4.79 Å². The Kier molecular flexibility index (Phi) is 4.33. The van der Waals surface area contributed by atoms with Crippen LogP contribution in [-0.4, -0.2) is 29.0 Å². The summed E-state index contributed by atoms with van der Waals surface area (Å²) in [5, 5.41) is 0. The van der Waals surface area contributed by atoms with E-state index in [1.807, 2.05) is 54.6 Å². The summed E-state index contributed by atoms with van der Waals surface area (Å²) in [4.78, 5) is 36.0. The molecule has 1 saturated heterocycles. The fraction of sp³-hybridized carbons (Fsp3) is 0.211. The molecule has 116 valence electrons. The van der Waals surface area contributed by atoms with E-state index in [2.05, 4.69) is 0 Å². The van der Waals surface area contributed by atoms with Gasteiger partial charge in [-0.2, -0.15) is 0 Å². The van der Waals surface area contributed by atoms with Crippen molar-refractivity contribution in [2.24, 2.45) is 0 Å². The van der Waals surface area contributed by atoms with Crippen LogP contribution in [0, 0.1) is 0 Å². The lowest BCUT2D eigenvalue weighted by atomic mass is 10.0. The van der Waals surface area contributed by atoms with Gasteiger partial charge in [-0.25, -0.2) is 0 Å². The lowest BCUT2D eigenvalue weighted by molar-refractivity contribution is -0.143. The van der Waals surface area contributed by atoms with E-state index in [-0.39, 0.29) is 24.7 Å². The van der Waals surface area contributed by atoms with Crippen molar-refractivity contribution in [3.8, 4) is 11.1 Å². The highest BCUT2D eigenvalue weighted by molar-refractivity contribution is 6.04. The number of hydrogen-bond donors (Lipinski definition) is 0. The third-order valence-corrected chi connectivity index (χ3v) is 4.08. The molecule has 4 heteroatoms. The Bertz CT molecular complexity index is 706. The van der Waals surface area contributed by atoms with Crippen LogP contribution in [0.25, 0.3) is 11.1 Å². The Labute approximate surface area is 134 Å². The normalized spacial score (nSPS) is 15.7. The minimum absolute atomic E-state index is 0.204. The average Bonchev–Trinajstić information content (AvgIpc) is 2.93. The van der Waals surface area contributed by atoms with E-state index in [0.29, 0.717) is 12.7 Å². The first-order chi connectivity index (χ1) is 11.2. The Balaban J connectivity index is 1.76. The third-order valence-electron chi connectivity index (χ3n) is 4.08. The van der Waals surface area contributed by atoms with Crippen LogP contribution in [0.15, 0.2) is 54.6 Å². The van der Waals surface area contributed by atoms with Gasteiger partial charge in [0.1, 0.15) is 6.29 Å². The predicted molar refractivity (Wildman–Crippen MR) is 86.5 cm³/mol. The second kappa shape index (κ2) is 6.57. The zero-order valence-corrected chi connectivity index (χ0v) is 12.6. The number of hydrogen-bond acceptors (Lipinski definition) is 3. The van der Waals surface area contributed by atoms with E-state index in [1.54, 1.807) is 0 Å². The molecule has 1 fully saturated rings. The zero-order valence-electron chi connectivity index (χ0n) is 12.6. The van der Waals surface area contributed by atoms with Gasteiger partial charge in [0.05, 0.1) is 6.04 Å². The van der Waals surface area contributed by atoms with Crippen molar-refractivity contribution in [3.63, 3.8) is 0 Å². The molecule has 4 nitrogen and oxygen atoms in total. The predicted octanol–water partition coefficient (Wildman–Crippen LogP) is 2.61. The van der Waals surface area contributed by atoms with Gasteiger partial charge in [0.15, 0.2) is 0 Å². The first-order valence-electron chi connectivity index (χ1n) is 7.63. The Morgan fingerprint density at radius 3 is 2.00 bits per heavy atom. The van der Waals surface area contributed by atoms with Gasteiger partial charge in [-0.3, -0.25) is 14.5 Å². The van der Waals surface area contributed by atoms with Gasteiger partial charge in [0.25, 0.3) is 0 Å². The van der Waals surface area contributed by atoms with Crippen molar-refractivity contribution >= 4 is 18.1 Å². The first kappa shape index (κ1) is 15.2. The second-order valence-electron chi connectivity index (χ2n) is 5.63. The molecule has 0 aliphatic carbocycles. The van der Waals surface area contributed by atoms with Crippen LogP contribution >= 0.6 is 0 Å². The smallest absolute Gasteiger partial charge is 0.230 e. The van der Waals surface area contributed by atoms with Gasteiger partial charge in [-0.1, -0.05) is 54.6 Å². The molecule has 1 unspecified atom stereocenters. The van der Waals surface area contributed by atoms with E-state index in [1.165, 1.54) is 0 Å². The highest BCUT2D eigenvalue weighted by Crippen LogP contribution is 2.21. The first-order valence-corrected chi connectivity index (χ1v) is 7.63. The van der Waals surface area contributed by atoms with E-state index in [9.17, 15) is 14.4 Å². The Morgan fingerprint density at radius 2 is 1.43 bits per heavy atom. The lowest BCUT2D eigenvalue weighted by Gasteiger charge is -2.21. The number of imide groups is 1. The highest BCUT2D eigenvalue weighted by Gasteiger charge is 2.34. The van der Waals surface area contributed by atoms with E-state index < -0.39 is 6.04 Å². The number of aldehydes is 1. The van der Waals surface area contributed by atoms with E-state index in [4.69, 9.17) is 0 Å². The lowest BCUT2D eigenvalue weighted by Crippen LogP contribution is -2.41. The molecule has 0 saturated carbocycles. The summed E-state index contributed by atoms with van der Waals surface area (Å²) in [6, 6.07) is 17.1. The molecule has 0 N–H and O–H groups in total. The maximum atomic E-state index is 11.8. The maximum Gasteiger partial charge on any atom is 0.230 e. The number of carbonyl (C=O) groups is 3. The summed E-state index contributed by atoms with van der Waals surface area (Å²) >= 11 is 0. The van der Waals surface area contributed by atoms with Crippen LogP contribution in [0.1, 0.15) is 18.4 Å². The zero-order chi connectivity index (χ0) is 16.2. The number of nitrogens with zero attached hydrogens (tertiary/aromatic N) is 1. The van der Waals surface area contributed by atoms with Crippen molar-refractivity contribution in [1.29, 1.82) is 0 Å². The SMILES string of the molecule is O=CC(Cc1ccc(-c2ccccc2)cc1)N1C(=O)CCC1=O. The molecule has 2 amide bonds. The number of rotatable bonds is 5. The largest absolute Gasteiger partial charge is 0.301 e. The topological polar surface area (TPSA) is 54.5 Å². The molecule has 2 aromatic carbocycles. The van der Waals surface area contributed by atoms with Crippen molar-refractivity contribution in [1.82, 2.24) is 4.90 Å². The monoisotopic (exact) mass is 307 g/mol. The molecule has 2 aromatic rings. The molecule has 3 rings (SSSR count). The minimum atomic E-state index is -0.708. The number of benzene rings is 2. The quantitative estimate of drug-likeness (QED) is 0.630. The number of carbonyl (C=O) groups excluding carboxylic acids is 3. The molecule has 0 bridgehead atoms. The van der Waals surface area contributed by atoms with Crippen molar-refractivity contribution < 1.29 is 14.4 Å². The van der Waals surface area contributed by atoms with Crippen LogP contribution in [0.2, 0.25) is 0 Å². The summed E-state index contributed by atoms with van der Waals surface area (Å²) in [7, 11) is 0. The molecule has 1 aliphatic heterocycles. The van der Waals surface area contributed by atoms with E-state index in [0.717, 1.165) is 21.6 Å². The van der Waals surface area contributed by atoms with Crippen LogP contribution in [0.5, 0.6) is 0 Å². The summed E-state index contributed by atoms with van der Waals surface area (Å²) in [5.41, 5.74) is 3.13. The summed E-state index contributed by atoms with van der Waals surface area (Å²) in [5.74, 6) is -0.513. The van der Waals surface area contributed by atoms with Gasteiger partial charge in [0, 0.05) is 19.3 Å². The summed E-state index contributed by atoms with van der Waals surface area (Å²) in [6.45, 7) is 0. The van der Waals surface area contributed by atoms with Gasteiger partial charge in [-0.05, 0) is 16.7 Å². The molecule has 1 atom stereocenters. The van der Waals surface area contributed by atoms with Gasteiger partial charge >= 0.3 is 0 Å². The second-order valence-corrected chi connectivity index (χ2v) is 5.63. The molecule has 0 radical (unpaired) electrons. The minimum Gasteiger partial charge on any atom is -0.301 e. The molecule has 1 heterocycles. The van der Waals surface area contributed by atoms with Crippen LogP contribution in [0.3, 0.4) is 0 Å². The Morgan fingerprint density at radius 1 is 0.870 bits per heavy atom. The average molecular weight is 307 g/mol. The molecule has 23 heavy (non-hydrogen) atoms. The van der Waals surface area contributed by atoms with Crippen molar-refractivity contribution in [2.45, 2.75) is 25.3 Å². The van der Waals surface area contributed by atoms with Gasteiger partial charge in [0.2, 0.25) is 11.8 Å². The fourth-order valence-electron chi connectivity index (χ4n) is 2.87. The van der Waals surface area contributed by atoms with Crippen molar-refractivity contribution in [3.05, 3.63) is 60.2 Å². The standard InChI is InChI=1S/C19H17NO3/c21-13-17(20-18(22)10-11-19(20)23)12-14-6-8-16(9-7-14)15-4-2-1-3-5-15/h1-9,13,17H,10-12H2. The molecular weight excluding hydrogens is 290 g/mol. The Hall–Kier alpha value is -2.75. The maximum absolute atomic E-state index is 11.8. The van der Waals surface area contributed by atoms with Crippen LogP contribution < -0.4 is 0 Å². The number of amides is 2. The fourth-order valence-corrected chi connectivity index (χ4v) is 2.87. The molecule has 0 aromatic heterocycles. The summed E-state index contributed by atoms with van der Waals surface area (Å²) < 4.78 is 0. The molecule has 0 spiro atoms. The highest BCUT2D eigenvalue weighted by atomic mass is 16.2. The van der Waals surface area contributed by atoms with Crippen molar-refractivity contribution in [2.75, 3.05) is 0 Å². The van der Waals surface area contributed by atoms with E-state index >= 15 is 0 Å². The summed E-state index contributed by atoms with van der Waals surface area (Å²) in [6.07, 6.45) is 1.45. The van der Waals surface area contributed by atoms with Crippen LogP contribution in [0.4, 0.5) is 0 Å². The van der Waals surface area contributed by atoms with Gasteiger partial charge in [-0.15, -0.1) is 0 Å². The third kappa shape index (κ3) is 3.21.